The van der Waals surface area contributed by atoms with E-state index in [1.165, 1.54) is 28.9 Å². The van der Waals surface area contributed by atoms with Crippen LogP contribution in [0.3, 0.4) is 0 Å². The summed E-state index contributed by atoms with van der Waals surface area (Å²) in [6.45, 7) is 0.480. The van der Waals surface area contributed by atoms with Crippen LogP contribution in [-0.2, 0) is 11.2 Å². The lowest BCUT2D eigenvalue weighted by molar-refractivity contribution is -0.118. The highest BCUT2D eigenvalue weighted by Gasteiger charge is 2.38. The topological polar surface area (TPSA) is 32.3 Å². The van der Waals surface area contributed by atoms with Gasteiger partial charge in [0.15, 0.2) is 0 Å². The van der Waals surface area contributed by atoms with Gasteiger partial charge in [-0.25, -0.2) is 0 Å². The number of nitrogens with zero attached hydrogens (tertiary/aromatic N) is 1. The molecule has 0 aliphatic heterocycles. The molecule has 1 amide bonds. The normalized spacial score (nSPS) is 19.0. The van der Waals surface area contributed by atoms with E-state index in [4.69, 9.17) is 0 Å². The zero-order valence-electron chi connectivity index (χ0n) is 14.6. The van der Waals surface area contributed by atoms with E-state index in [1.807, 2.05) is 24.3 Å². The van der Waals surface area contributed by atoms with Gasteiger partial charge < -0.3 is 5.32 Å². The summed E-state index contributed by atoms with van der Waals surface area (Å²) in [5.74, 6) is 0.0909. The van der Waals surface area contributed by atoms with Crippen LogP contribution in [0.5, 0.6) is 0 Å². The molecule has 0 radical (unpaired) electrons. The van der Waals surface area contributed by atoms with E-state index in [-0.39, 0.29) is 5.91 Å². The number of anilines is 1. The van der Waals surface area contributed by atoms with Gasteiger partial charge in [-0.15, -0.1) is 11.8 Å². The Kier molecular flexibility index (Phi) is 4.82. The van der Waals surface area contributed by atoms with E-state index in [0.717, 1.165) is 18.5 Å². The molecule has 3 nitrogen and oxygen atoms in total. The second-order valence-corrected chi connectivity index (χ2v) is 7.81. The van der Waals surface area contributed by atoms with Crippen molar-refractivity contribution in [1.82, 2.24) is 4.90 Å². The first-order chi connectivity index (χ1) is 12.2. The summed E-state index contributed by atoms with van der Waals surface area (Å²) >= 11 is 1.71. The molecule has 1 saturated carbocycles. The Morgan fingerprint density at radius 1 is 1.12 bits per heavy atom. The fourth-order valence-electron chi connectivity index (χ4n) is 3.82. The summed E-state index contributed by atoms with van der Waals surface area (Å²) in [7, 11) is 0. The average molecular weight is 353 g/mol. The minimum Gasteiger partial charge on any atom is -0.325 e. The molecule has 2 aliphatic carbocycles. The van der Waals surface area contributed by atoms with E-state index in [2.05, 4.69) is 40.7 Å². The van der Waals surface area contributed by atoms with Crippen molar-refractivity contribution in [2.24, 2.45) is 0 Å². The highest BCUT2D eigenvalue weighted by atomic mass is 32.2. The Bertz CT molecular complexity index is 755. The number of rotatable bonds is 6. The summed E-state index contributed by atoms with van der Waals surface area (Å²) in [5.41, 5.74) is 3.75. The predicted octanol–water partition coefficient (Wildman–Crippen LogP) is 4.50. The number of benzene rings is 2. The van der Waals surface area contributed by atoms with E-state index in [0.29, 0.717) is 18.6 Å². The molecule has 0 saturated heterocycles. The molecule has 4 rings (SSSR count). The predicted molar refractivity (Wildman–Crippen MR) is 104 cm³/mol. The zero-order valence-corrected chi connectivity index (χ0v) is 15.4. The van der Waals surface area contributed by atoms with Gasteiger partial charge in [0.1, 0.15) is 0 Å². The SMILES string of the molecule is CSc1ccc(NC(=O)CN(C2CC2)C2CCc3ccccc32)cc1. The lowest BCUT2D eigenvalue weighted by Crippen LogP contribution is -2.37. The van der Waals surface area contributed by atoms with Crippen molar-refractivity contribution >= 4 is 23.4 Å². The highest BCUT2D eigenvalue weighted by molar-refractivity contribution is 7.98. The zero-order chi connectivity index (χ0) is 17.2. The molecule has 1 N–H and O–H groups in total. The summed E-state index contributed by atoms with van der Waals surface area (Å²) < 4.78 is 0. The number of carbonyl (C=O) groups excluding carboxylic acids is 1. The van der Waals surface area contributed by atoms with Crippen molar-refractivity contribution in [3.63, 3.8) is 0 Å². The minimum absolute atomic E-state index is 0.0909. The second kappa shape index (κ2) is 7.22. The first-order valence-electron chi connectivity index (χ1n) is 9.02. The summed E-state index contributed by atoms with van der Waals surface area (Å²) in [5, 5.41) is 3.06. The molecule has 2 aliphatic rings. The Labute approximate surface area is 153 Å². The average Bonchev–Trinajstić information content (AvgIpc) is 3.39. The van der Waals surface area contributed by atoms with Crippen LogP contribution in [0.1, 0.15) is 36.4 Å². The number of thioether (sulfide) groups is 1. The first kappa shape index (κ1) is 16.7. The van der Waals surface area contributed by atoms with Gasteiger partial charge in [0, 0.05) is 22.7 Å². The van der Waals surface area contributed by atoms with Gasteiger partial charge in [-0.05, 0) is 67.3 Å². The molecule has 0 aromatic heterocycles. The molecular weight excluding hydrogens is 328 g/mol. The quantitative estimate of drug-likeness (QED) is 0.777. The summed E-state index contributed by atoms with van der Waals surface area (Å²) in [6, 6.07) is 17.7. The third-order valence-corrected chi connectivity index (χ3v) is 5.96. The van der Waals surface area contributed by atoms with Gasteiger partial charge in [0.05, 0.1) is 6.54 Å². The van der Waals surface area contributed by atoms with Crippen LogP contribution < -0.4 is 5.32 Å². The smallest absolute Gasteiger partial charge is 0.238 e. The number of carbonyl (C=O) groups is 1. The Morgan fingerprint density at radius 2 is 1.88 bits per heavy atom. The monoisotopic (exact) mass is 352 g/mol. The fraction of sp³-hybridized carbons (Fsp3) is 0.381. The van der Waals surface area contributed by atoms with Crippen LogP contribution in [0.15, 0.2) is 53.4 Å². The van der Waals surface area contributed by atoms with Crippen LogP contribution in [-0.4, -0.2) is 29.6 Å². The third-order valence-electron chi connectivity index (χ3n) is 5.22. The van der Waals surface area contributed by atoms with Crippen LogP contribution in [0, 0.1) is 0 Å². The molecule has 0 bridgehead atoms. The maximum Gasteiger partial charge on any atom is 0.238 e. The lowest BCUT2D eigenvalue weighted by atomic mass is 10.1. The van der Waals surface area contributed by atoms with E-state index in [1.54, 1.807) is 11.8 Å². The van der Waals surface area contributed by atoms with Crippen molar-refractivity contribution in [1.29, 1.82) is 0 Å². The number of aryl methyl sites for hydroxylation is 1. The molecule has 2 aromatic rings. The van der Waals surface area contributed by atoms with Gasteiger partial charge in [-0.2, -0.15) is 0 Å². The lowest BCUT2D eigenvalue weighted by Gasteiger charge is -2.29. The van der Waals surface area contributed by atoms with Crippen molar-refractivity contribution in [2.45, 2.75) is 42.7 Å². The van der Waals surface area contributed by atoms with Gasteiger partial charge >= 0.3 is 0 Å². The van der Waals surface area contributed by atoms with Crippen molar-refractivity contribution in [3.8, 4) is 0 Å². The van der Waals surface area contributed by atoms with Gasteiger partial charge in [-0.3, -0.25) is 9.69 Å². The Hall–Kier alpha value is -1.78. The molecule has 0 heterocycles. The number of amides is 1. The standard InChI is InChI=1S/C21H24N2OS/c1-25-18-11-7-16(8-12-18)22-21(24)14-23(17-9-10-17)20-13-6-15-4-2-3-5-19(15)20/h2-5,7-8,11-12,17,20H,6,9-10,13-14H2,1H3,(H,22,24). The summed E-state index contributed by atoms with van der Waals surface area (Å²) in [4.78, 5) is 16.3. The van der Waals surface area contributed by atoms with Crippen LogP contribution in [0.4, 0.5) is 5.69 Å². The van der Waals surface area contributed by atoms with E-state index >= 15 is 0 Å². The molecule has 0 spiro atoms. The molecule has 130 valence electrons. The maximum atomic E-state index is 12.6. The van der Waals surface area contributed by atoms with E-state index in [9.17, 15) is 4.79 Å². The summed E-state index contributed by atoms with van der Waals surface area (Å²) in [6.07, 6.45) is 6.75. The number of nitrogens with one attached hydrogen (secondary N) is 1. The highest BCUT2D eigenvalue weighted by Crippen LogP contribution is 2.41. The molecule has 1 unspecified atom stereocenters. The third kappa shape index (κ3) is 3.75. The Morgan fingerprint density at radius 3 is 2.60 bits per heavy atom. The molecular formula is C21H24N2OS. The van der Waals surface area contributed by atoms with Crippen LogP contribution in [0.2, 0.25) is 0 Å². The number of hydrogen-bond acceptors (Lipinski definition) is 3. The molecule has 1 atom stereocenters. The minimum atomic E-state index is 0.0909. The van der Waals surface area contributed by atoms with Gasteiger partial charge in [0.25, 0.3) is 0 Å². The molecule has 25 heavy (non-hydrogen) atoms. The largest absolute Gasteiger partial charge is 0.325 e. The van der Waals surface area contributed by atoms with Crippen molar-refractivity contribution in [3.05, 3.63) is 59.7 Å². The van der Waals surface area contributed by atoms with Crippen molar-refractivity contribution in [2.75, 3.05) is 18.1 Å². The van der Waals surface area contributed by atoms with Crippen LogP contribution in [0.25, 0.3) is 0 Å². The fourth-order valence-corrected chi connectivity index (χ4v) is 4.23. The first-order valence-corrected chi connectivity index (χ1v) is 10.2. The van der Waals surface area contributed by atoms with E-state index < -0.39 is 0 Å². The molecule has 2 aromatic carbocycles. The molecule has 4 heteroatoms. The van der Waals surface area contributed by atoms with Gasteiger partial charge in [0.2, 0.25) is 5.91 Å². The van der Waals surface area contributed by atoms with Crippen LogP contribution >= 0.6 is 11.8 Å². The maximum absolute atomic E-state index is 12.6. The second-order valence-electron chi connectivity index (χ2n) is 6.93. The van der Waals surface area contributed by atoms with Crippen molar-refractivity contribution < 1.29 is 4.79 Å². The number of hydrogen-bond donors (Lipinski definition) is 1. The Balaban J connectivity index is 1.44. The van der Waals surface area contributed by atoms with Gasteiger partial charge in [-0.1, -0.05) is 24.3 Å². The molecule has 1 fully saturated rings. The number of fused-ring (bicyclic) bond motifs is 1.